The Morgan fingerprint density at radius 2 is 2.00 bits per heavy atom. The zero-order valence-corrected chi connectivity index (χ0v) is 17.0. The first-order valence-corrected chi connectivity index (χ1v) is 10.1. The molecule has 1 heterocycles. The van der Waals surface area contributed by atoms with Crippen LogP contribution in [0, 0.1) is 5.92 Å². The van der Waals surface area contributed by atoms with Gasteiger partial charge in [-0.1, -0.05) is 36.7 Å². The Bertz CT molecular complexity index is 606. The van der Waals surface area contributed by atoms with Crippen molar-refractivity contribution in [2.45, 2.75) is 77.0 Å². The number of carbonyl (C=O) groups excluding carboxylic acids is 1. The number of amides is 1. The predicted molar refractivity (Wildman–Crippen MR) is 108 cm³/mol. The van der Waals surface area contributed by atoms with Crippen LogP contribution in [0.3, 0.4) is 0 Å². The van der Waals surface area contributed by atoms with Crippen LogP contribution in [-0.4, -0.2) is 27.6 Å². The first-order valence-electron chi connectivity index (χ1n) is 9.67. The van der Waals surface area contributed by atoms with Gasteiger partial charge in [-0.05, 0) is 70.1 Å². The van der Waals surface area contributed by atoms with Crippen molar-refractivity contribution in [1.82, 2.24) is 4.90 Å². The van der Waals surface area contributed by atoms with E-state index >= 15 is 0 Å². The molecule has 1 aliphatic rings. The molecule has 3 unspecified atom stereocenters. The second-order valence-electron chi connectivity index (χ2n) is 8.02. The molecule has 0 aliphatic carbocycles. The Morgan fingerprint density at radius 1 is 1.35 bits per heavy atom. The first kappa shape index (κ1) is 21.0. The van der Waals surface area contributed by atoms with E-state index in [0.717, 1.165) is 37.7 Å². The highest BCUT2D eigenvalue weighted by Gasteiger charge is 2.39. The van der Waals surface area contributed by atoms with Crippen molar-refractivity contribution < 1.29 is 9.90 Å². The molecule has 0 saturated carbocycles. The number of piperidine rings is 1. The van der Waals surface area contributed by atoms with Gasteiger partial charge in [0.1, 0.15) is 0 Å². The maximum Gasteiger partial charge on any atom is 0.226 e. The quantitative estimate of drug-likeness (QED) is 0.605. The lowest BCUT2D eigenvalue weighted by Gasteiger charge is -2.44. The van der Waals surface area contributed by atoms with E-state index in [9.17, 15) is 9.90 Å². The highest BCUT2D eigenvalue weighted by Crippen LogP contribution is 2.39. The Labute approximate surface area is 163 Å². The molecular weight excluding hydrogens is 346 g/mol. The molecule has 26 heavy (non-hydrogen) atoms. The number of aliphatic hydroxyl groups is 1. The van der Waals surface area contributed by atoms with Crippen molar-refractivity contribution >= 4 is 17.5 Å². The van der Waals surface area contributed by atoms with E-state index in [-0.39, 0.29) is 23.9 Å². The molecule has 1 amide bonds. The normalized spacial score (nSPS) is 22.3. The average Bonchev–Trinajstić information content (AvgIpc) is 2.58. The van der Waals surface area contributed by atoms with Crippen molar-refractivity contribution in [1.29, 1.82) is 0 Å². The van der Waals surface area contributed by atoms with Gasteiger partial charge in [0.15, 0.2) is 0 Å². The zero-order chi connectivity index (χ0) is 19.3. The minimum absolute atomic E-state index is 0.0206. The Hall–Kier alpha value is -1.32. The van der Waals surface area contributed by atoms with Crippen molar-refractivity contribution in [3.8, 4) is 0 Å². The standard InChI is InChI=1S/C22H32ClNO2/c1-5-7-17-10-13-20(16-8-11-18(23)12-9-16)24(21(17)25)19(6-2)14-15-22(3,4)26/h5,8-9,11-12,17,19-20,26H,1,6-7,10,13-15H2,2-4H3. The maximum atomic E-state index is 13.3. The molecule has 144 valence electrons. The maximum absolute atomic E-state index is 13.3. The fraction of sp³-hybridized carbons (Fsp3) is 0.591. The lowest BCUT2D eigenvalue weighted by molar-refractivity contribution is -0.146. The smallest absolute Gasteiger partial charge is 0.226 e. The minimum atomic E-state index is -0.720. The van der Waals surface area contributed by atoms with Crippen molar-refractivity contribution in [2.75, 3.05) is 0 Å². The van der Waals surface area contributed by atoms with E-state index in [4.69, 9.17) is 11.6 Å². The molecule has 2 rings (SSSR count). The number of hydrogen-bond donors (Lipinski definition) is 1. The van der Waals surface area contributed by atoms with Gasteiger partial charge in [-0.2, -0.15) is 0 Å². The highest BCUT2D eigenvalue weighted by atomic mass is 35.5. The number of rotatable bonds is 8. The number of likely N-dealkylation sites (tertiary alicyclic amines) is 1. The SMILES string of the molecule is C=CCC1CCC(c2ccc(Cl)cc2)N(C(CC)CCC(C)(C)O)C1=O. The summed E-state index contributed by atoms with van der Waals surface area (Å²) in [6.45, 7) is 9.60. The second-order valence-corrected chi connectivity index (χ2v) is 8.46. The molecule has 0 bridgehead atoms. The topological polar surface area (TPSA) is 40.5 Å². The van der Waals surface area contributed by atoms with Crippen molar-refractivity contribution in [2.24, 2.45) is 5.92 Å². The molecular formula is C22H32ClNO2. The number of carbonyl (C=O) groups is 1. The van der Waals surface area contributed by atoms with Crippen molar-refractivity contribution in [3.05, 3.63) is 47.5 Å². The number of halogens is 1. The van der Waals surface area contributed by atoms with E-state index in [1.165, 1.54) is 0 Å². The minimum Gasteiger partial charge on any atom is -0.390 e. The molecule has 4 heteroatoms. The second kappa shape index (κ2) is 9.05. The Kier molecular flexibility index (Phi) is 7.31. The molecule has 1 aromatic carbocycles. The van der Waals surface area contributed by atoms with E-state index < -0.39 is 5.60 Å². The first-order chi connectivity index (χ1) is 12.3. The third-order valence-electron chi connectivity index (χ3n) is 5.39. The van der Waals surface area contributed by atoms with Crippen LogP contribution in [0.25, 0.3) is 0 Å². The molecule has 1 aliphatic heterocycles. The lowest BCUT2D eigenvalue weighted by atomic mass is 9.84. The van der Waals surface area contributed by atoms with Gasteiger partial charge < -0.3 is 10.0 Å². The Morgan fingerprint density at radius 3 is 2.54 bits per heavy atom. The van der Waals surface area contributed by atoms with Crippen molar-refractivity contribution in [3.63, 3.8) is 0 Å². The lowest BCUT2D eigenvalue weighted by Crippen LogP contribution is -2.49. The van der Waals surface area contributed by atoms with Crippen LogP contribution in [-0.2, 0) is 4.79 Å². The number of benzene rings is 1. The summed E-state index contributed by atoms with van der Waals surface area (Å²) >= 11 is 6.05. The van der Waals surface area contributed by atoms with Crippen LogP contribution >= 0.6 is 11.6 Å². The van der Waals surface area contributed by atoms with E-state index in [1.807, 2.05) is 44.2 Å². The molecule has 1 aromatic rings. The third kappa shape index (κ3) is 5.34. The van der Waals surface area contributed by atoms with Gasteiger partial charge in [0.25, 0.3) is 0 Å². The summed E-state index contributed by atoms with van der Waals surface area (Å²) in [5.41, 5.74) is 0.421. The Balaban J connectivity index is 2.30. The fourth-order valence-corrected chi connectivity index (χ4v) is 4.04. The van der Waals surface area contributed by atoms with Gasteiger partial charge >= 0.3 is 0 Å². The summed E-state index contributed by atoms with van der Waals surface area (Å²) in [7, 11) is 0. The fourth-order valence-electron chi connectivity index (χ4n) is 3.91. The summed E-state index contributed by atoms with van der Waals surface area (Å²) in [4.78, 5) is 15.4. The number of hydrogen-bond acceptors (Lipinski definition) is 2. The highest BCUT2D eigenvalue weighted by molar-refractivity contribution is 6.30. The predicted octanol–water partition coefficient (Wildman–Crippen LogP) is 5.53. The molecule has 0 aromatic heterocycles. The molecule has 1 N–H and O–H groups in total. The summed E-state index contributed by atoms with van der Waals surface area (Å²) in [5, 5.41) is 10.9. The molecule has 0 spiro atoms. The number of nitrogens with zero attached hydrogens (tertiary/aromatic N) is 1. The molecule has 3 nitrogen and oxygen atoms in total. The van der Waals surface area contributed by atoms with E-state index in [2.05, 4.69) is 18.4 Å². The van der Waals surface area contributed by atoms with Gasteiger partial charge in [0.2, 0.25) is 5.91 Å². The van der Waals surface area contributed by atoms with Gasteiger partial charge in [0.05, 0.1) is 11.6 Å². The van der Waals surface area contributed by atoms with Crippen LogP contribution < -0.4 is 0 Å². The van der Waals surface area contributed by atoms with Gasteiger partial charge in [-0.25, -0.2) is 0 Å². The van der Waals surface area contributed by atoms with Crippen LogP contribution in [0.15, 0.2) is 36.9 Å². The number of allylic oxidation sites excluding steroid dienone is 1. The van der Waals surface area contributed by atoms with Crippen LogP contribution in [0.2, 0.25) is 5.02 Å². The van der Waals surface area contributed by atoms with Crippen LogP contribution in [0.4, 0.5) is 0 Å². The largest absolute Gasteiger partial charge is 0.390 e. The van der Waals surface area contributed by atoms with Gasteiger partial charge in [-0.15, -0.1) is 6.58 Å². The monoisotopic (exact) mass is 377 g/mol. The van der Waals surface area contributed by atoms with Crippen LogP contribution in [0.5, 0.6) is 0 Å². The summed E-state index contributed by atoms with van der Waals surface area (Å²) in [5.74, 6) is 0.242. The average molecular weight is 378 g/mol. The van der Waals surface area contributed by atoms with Gasteiger partial charge in [-0.3, -0.25) is 4.79 Å². The molecule has 3 atom stereocenters. The molecule has 1 fully saturated rings. The summed E-state index contributed by atoms with van der Waals surface area (Å²) in [6.07, 6.45) is 6.77. The third-order valence-corrected chi connectivity index (χ3v) is 5.64. The van der Waals surface area contributed by atoms with Gasteiger partial charge in [0, 0.05) is 17.0 Å². The molecule has 0 radical (unpaired) electrons. The summed E-state index contributed by atoms with van der Waals surface area (Å²) in [6, 6.07) is 8.06. The zero-order valence-electron chi connectivity index (χ0n) is 16.2. The summed E-state index contributed by atoms with van der Waals surface area (Å²) < 4.78 is 0. The van der Waals surface area contributed by atoms with Crippen LogP contribution in [0.1, 0.15) is 70.9 Å². The van der Waals surface area contributed by atoms with E-state index in [1.54, 1.807) is 0 Å². The molecule has 1 saturated heterocycles. The van der Waals surface area contributed by atoms with E-state index in [0.29, 0.717) is 11.4 Å².